The number of fused-ring (bicyclic) bond motifs is 1. The van der Waals surface area contributed by atoms with Crippen LogP contribution < -0.4 is 10.2 Å². The summed E-state index contributed by atoms with van der Waals surface area (Å²) in [6.45, 7) is 3.19. The molecule has 1 fully saturated rings. The van der Waals surface area contributed by atoms with Gasteiger partial charge < -0.3 is 15.1 Å². The van der Waals surface area contributed by atoms with Gasteiger partial charge in [-0.3, -0.25) is 19.3 Å². The Morgan fingerprint density at radius 1 is 1.03 bits per heavy atom. The van der Waals surface area contributed by atoms with Crippen molar-refractivity contribution in [3.05, 3.63) is 59.7 Å². The van der Waals surface area contributed by atoms with E-state index in [4.69, 9.17) is 0 Å². The molecule has 8 heteroatoms. The lowest BCUT2D eigenvalue weighted by molar-refractivity contribution is -0.120. The average Bonchev–Trinajstić information content (AvgIpc) is 3.10. The molecular formula is C27H34N4O3S. The van der Waals surface area contributed by atoms with E-state index in [1.54, 1.807) is 36.0 Å². The van der Waals surface area contributed by atoms with Crippen LogP contribution in [0.25, 0.3) is 0 Å². The third-order valence-corrected chi connectivity index (χ3v) is 7.42. The molecule has 0 bridgehead atoms. The van der Waals surface area contributed by atoms with Crippen molar-refractivity contribution >= 4 is 40.9 Å². The molecule has 1 unspecified atom stereocenters. The number of piperidine rings is 1. The Morgan fingerprint density at radius 3 is 2.17 bits per heavy atom. The Labute approximate surface area is 211 Å². The summed E-state index contributed by atoms with van der Waals surface area (Å²) in [6, 6.07) is 13.7. The monoisotopic (exact) mass is 494 g/mol. The van der Waals surface area contributed by atoms with Crippen LogP contribution in [0.5, 0.6) is 0 Å². The summed E-state index contributed by atoms with van der Waals surface area (Å²) in [5, 5.41) is 2.94. The smallest absolute Gasteiger partial charge is 0.262 e. The van der Waals surface area contributed by atoms with Crippen LogP contribution >= 0.6 is 11.8 Å². The van der Waals surface area contributed by atoms with E-state index in [0.29, 0.717) is 29.0 Å². The van der Waals surface area contributed by atoms with Crippen molar-refractivity contribution in [1.29, 1.82) is 0 Å². The van der Waals surface area contributed by atoms with Gasteiger partial charge in [-0.1, -0.05) is 12.1 Å². The number of hydrogen-bond acceptors (Lipinski definition) is 6. The Morgan fingerprint density at radius 2 is 1.63 bits per heavy atom. The molecule has 1 atom stereocenters. The maximum Gasteiger partial charge on any atom is 0.262 e. The van der Waals surface area contributed by atoms with Crippen LogP contribution in [0.2, 0.25) is 0 Å². The third-order valence-electron chi connectivity index (χ3n) is 6.77. The van der Waals surface area contributed by atoms with E-state index in [2.05, 4.69) is 29.2 Å². The van der Waals surface area contributed by atoms with E-state index in [9.17, 15) is 14.4 Å². The molecule has 3 amide bonds. The molecular weight excluding hydrogens is 460 g/mol. The van der Waals surface area contributed by atoms with Gasteiger partial charge in [0.2, 0.25) is 5.91 Å². The number of thioether (sulfide) groups is 1. The summed E-state index contributed by atoms with van der Waals surface area (Å²) < 4.78 is 0. The van der Waals surface area contributed by atoms with Crippen LogP contribution in [0.1, 0.15) is 40.0 Å². The molecule has 186 valence electrons. The van der Waals surface area contributed by atoms with Gasteiger partial charge in [0.15, 0.2) is 0 Å². The van der Waals surface area contributed by atoms with Crippen LogP contribution in [0.4, 0.5) is 11.4 Å². The molecule has 2 aromatic rings. The highest BCUT2D eigenvalue weighted by Crippen LogP contribution is 2.28. The Hall–Kier alpha value is -2.84. The minimum absolute atomic E-state index is 0.342. The van der Waals surface area contributed by atoms with Gasteiger partial charge in [0.05, 0.1) is 11.1 Å². The fourth-order valence-corrected chi connectivity index (χ4v) is 5.43. The van der Waals surface area contributed by atoms with Crippen LogP contribution in [0, 0.1) is 5.92 Å². The van der Waals surface area contributed by atoms with Gasteiger partial charge in [0, 0.05) is 31.0 Å². The highest BCUT2D eigenvalue weighted by atomic mass is 32.2. The second kappa shape index (κ2) is 11.3. The SMILES string of the molecule is CSCCC(C(=O)Nc1ccc(N2CCC(CN(C)C)CC2)cc1)N1C(=O)c2ccccc2C1=O. The largest absolute Gasteiger partial charge is 0.372 e. The number of rotatable bonds is 9. The fourth-order valence-electron chi connectivity index (χ4n) is 4.97. The van der Waals surface area contributed by atoms with Gasteiger partial charge >= 0.3 is 0 Å². The normalized spacial score (nSPS) is 17.1. The zero-order valence-electron chi connectivity index (χ0n) is 20.7. The highest BCUT2D eigenvalue weighted by molar-refractivity contribution is 7.98. The first-order chi connectivity index (χ1) is 16.9. The maximum atomic E-state index is 13.3. The lowest BCUT2D eigenvalue weighted by Gasteiger charge is -2.34. The van der Waals surface area contributed by atoms with Crippen LogP contribution in [0.15, 0.2) is 48.5 Å². The summed E-state index contributed by atoms with van der Waals surface area (Å²) >= 11 is 1.58. The summed E-state index contributed by atoms with van der Waals surface area (Å²) in [6.07, 6.45) is 4.69. The molecule has 35 heavy (non-hydrogen) atoms. The molecule has 4 rings (SSSR count). The third kappa shape index (κ3) is 5.70. The quantitative estimate of drug-likeness (QED) is 0.535. The van der Waals surface area contributed by atoms with Crippen molar-refractivity contribution in [3.8, 4) is 0 Å². The van der Waals surface area contributed by atoms with Crippen LogP contribution in [-0.2, 0) is 4.79 Å². The topological polar surface area (TPSA) is 73.0 Å². The average molecular weight is 495 g/mol. The van der Waals surface area contributed by atoms with E-state index >= 15 is 0 Å². The zero-order chi connectivity index (χ0) is 24.9. The number of hydrogen-bond donors (Lipinski definition) is 1. The maximum absolute atomic E-state index is 13.3. The van der Waals surface area contributed by atoms with E-state index < -0.39 is 17.9 Å². The van der Waals surface area contributed by atoms with Gasteiger partial charge in [0.25, 0.3) is 11.8 Å². The molecule has 2 heterocycles. The van der Waals surface area contributed by atoms with Crippen molar-refractivity contribution in [1.82, 2.24) is 9.80 Å². The molecule has 7 nitrogen and oxygen atoms in total. The van der Waals surface area contributed by atoms with Gasteiger partial charge in [-0.05, 0) is 87.7 Å². The van der Waals surface area contributed by atoms with E-state index in [1.165, 1.54) is 12.8 Å². The first-order valence-corrected chi connectivity index (χ1v) is 13.5. The van der Waals surface area contributed by atoms with Crippen molar-refractivity contribution in [3.63, 3.8) is 0 Å². The number of benzene rings is 2. The predicted octanol–water partition coefficient (Wildman–Crippen LogP) is 3.82. The molecule has 2 aliphatic heterocycles. The Balaban J connectivity index is 1.42. The Bertz CT molecular complexity index is 1030. The lowest BCUT2D eigenvalue weighted by atomic mass is 9.96. The molecule has 0 radical (unpaired) electrons. The zero-order valence-corrected chi connectivity index (χ0v) is 21.5. The highest BCUT2D eigenvalue weighted by Gasteiger charge is 2.42. The number of amides is 3. The summed E-state index contributed by atoms with van der Waals surface area (Å²) in [5.74, 6) is 0.250. The molecule has 0 aliphatic carbocycles. The van der Waals surface area contributed by atoms with Crippen molar-refractivity contribution in [2.75, 3.05) is 56.0 Å². The number of carbonyl (C=O) groups is 3. The number of carbonyl (C=O) groups excluding carboxylic acids is 3. The van der Waals surface area contributed by atoms with Crippen LogP contribution in [0.3, 0.4) is 0 Å². The second-order valence-corrected chi connectivity index (χ2v) is 10.5. The minimum atomic E-state index is -0.856. The second-order valence-electron chi connectivity index (χ2n) is 9.55. The molecule has 0 aromatic heterocycles. The van der Waals surface area contributed by atoms with Gasteiger partial charge in [-0.2, -0.15) is 11.8 Å². The predicted molar refractivity (Wildman–Crippen MR) is 142 cm³/mol. The van der Waals surface area contributed by atoms with Gasteiger partial charge in [-0.25, -0.2) is 0 Å². The standard InChI is InChI=1S/C27H34N4O3S/c1-29(2)18-19-12-15-30(16-13-19)21-10-8-20(9-11-21)28-25(32)24(14-17-35-3)31-26(33)22-6-4-5-7-23(22)27(31)34/h4-11,19,24H,12-18H2,1-3H3,(H,28,32). The van der Waals surface area contributed by atoms with Gasteiger partial charge in [0.1, 0.15) is 6.04 Å². The fraction of sp³-hybridized carbons (Fsp3) is 0.444. The van der Waals surface area contributed by atoms with Gasteiger partial charge in [-0.15, -0.1) is 0 Å². The molecule has 0 spiro atoms. The van der Waals surface area contributed by atoms with E-state index in [-0.39, 0.29) is 5.91 Å². The lowest BCUT2D eigenvalue weighted by Crippen LogP contribution is -2.47. The molecule has 2 aromatic carbocycles. The van der Waals surface area contributed by atoms with Crippen molar-refractivity contribution in [2.24, 2.45) is 5.92 Å². The molecule has 0 saturated carbocycles. The minimum Gasteiger partial charge on any atom is -0.372 e. The number of nitrogens with zero attached hydrogens (tertiary/aromatic N) is 3. The molecule has 1 saturated heterocycles. The van der Waals surface area contributed by atoms with Crippen molar-refractivity contribution < 1.29 is 14.4 Å². The van der Waals surface area contributed by atoms with Crippen molar-refractivity contribution in [2.45, 2.75) is 25.3 Å². The summed E-state index contributed by atoms with van der Waals surface area (Å²) in [5.41, 5.74) is 2.52. The summed E-state index contributed by atoms with van der Waals surface area (Å²) in [7, 11) is 4.25. The first-order valence-electron chi connectivity index (χ1n) is 12.2. The number of imide groups is 1. The van der Waals surface area contributed by atoms with E-state index in [1.807, 2.05) is 30.5 Å². The number of anilines is 2. The Kier molecular flexibility index (Phi) is 8.13. The molecule has 1 N–H and O–H groups in total. The molecule has 2 aliphatic rings. The van der Waals surface area contributed by atoms with E-state index in [0.717, 1.165) is 36.1 Å². The first kappa shape index (κ1) is 25.3. The number of nitrogens with one attached hydrogen (secondary N) is 1. The van der Waals surface area contributed by atoms with Crippen LogP contribution in [-0.4, -0.2) is 79.3 Å². The summed E-state index contributed by atoms with van der Waals surface area (Å²) in [4.78, 5) is 45.0.